The Hall–Kier alpha value is -2.47. The van der Waals surface area contributed by atoms with Gasteiger partial charge in [-0.2, -0.15) is 0 Å². The van der Waals surface area contributed by atoms with Gasteiger partial charge >= 0.3 is 0 Å². The molecule has 0 saturated carbocycles. The van der Waals surface area contributed by atoms with Crippen LogP contribution in [-0.2, 0) is 13.0 Å². The third-order valence-corrected chi connectivity index (χ3v) is 3.57. The molecule has 0 fully saturated rings. The SMILES string of the molecule is Cc1c(CCN)[nH]c2c(NCc3ccco3)cc(=O)[nH]c12. The summed E-state index contributed by atoms with van der Waals surface area (Å²) in [7, 11) is 0. The van der Waals surface area contributed by atoms with Crippen LogP contribution in [0, 0.1) is 6.92 Å². The Morgan fingerprint density at radius 2 is 2.19 bits per heavy atom. The van der Waals surface area contributed by atoms with Crippen molar-refractivity contribution < 1.29 is 4.42 Å². The van der Waals surface area contributed by atoms with E-state index in [-0.39, 0.29) is 5.56 Å². The predicted octanol–water partition coefficient (Wildman–Crippen LogP) is 1.87. The van der Waals surface area contributed by atoms with Gasteiger partial charge in [-0.1, -0.05) is 0 Å². The van der Waals surface area contributed by atoms with E-state index in [1.54, 1.807) is 12.3 Å². The molecule has 0 unspecified atom stereocenters. The molecule has 0 bridgehead atoms. The van der Waals surface area contributed by atoms with Crippen LogP contribution in [0.1, 0.15) is 17.0 Å². The van der Waals surface area contributed by atoms with Crippen molar-refractivity contribution >= 4 is 16.7 Å². The Labute approximate surface area is 121 Å². The van der Waals surface area contributed by atoms with Crippen LogP contribution in [0.15, 0.2) is 33.7 Å². The van der Waals surface area contributed by atoms with Crippen molar-refractivity contribution in [2.75, 3.05) is 11.9 Å². The second kappa shape index (κ2) is 5.49. The Bertz CT molecular complexity index is 799. The van der Waals surface area contributed by atoms with Crippen LogP contribution in [0.5, 0.6) is 0 Å². The Morgan fingerprint density at radius 3 is 2.90 bits per heavy atom. The van der Waals surface area contributed by atoms with Crippen molar-refractivity contribution in [3.8, 4) is 0 Å². The minimum Gasteiger partial charge on any atom is -0.467 e. The number of anilines is 1. The average molecular weight is 286 g/mol. The number of furan rings is 1. The van der Waals surface area contributed by atoms with Crippen LogP contribution in [0.2, 0.25) is 0 Å². The summed E-state index contributed by atoms with van der Waals surface area (Å²) in [6, 6.07) is 5.27. The summed E-state index contributed by atoms with van der Waals surface area (Å²) < 4.78 is 5.29. The van der Waals surface area contributed by atoms with Gasteiger partial charge in [0.05, 0.1) is 29.5 Å². The van der Waals surface area contributed by atoms with E-state index in [4.69, 9.17) is 10.2 Å². The molecule has 6 nitrogen and oxygen atoms in total. The molecule has 0 atom stereocenters. The van der Waals surface area contributed by atoms with Crippen molar-refractivity contribution in [1.82, 2.24) is 9.97 Å². The van der Waals surface area contributed by atoms with Gasteiger partial charge in [-0.05, 0) is 31.2 Å². The Morgan fingerprint density at radius 1 is 1.33 bits per heavy atom. The highest BCUT2D eigenvalue weighted by Crippen LogP contribution is 2.25. The topological polar surface area (TPSA) is 99.8 Å². The third kappa shape index (κ3) is 2.57. The summed E-state index contributed by atoms with van der Waals surface area (Å²) in [6.07, 6.45) is 2.38. The molecule has 0 saturated heterocycles. The van der Waals surface area contributed by atoms with E-state index in [1.807, 2.05) is 19.1 Å². The van der Waals surface area contributed by atoms with E-state index >= 15 is 0 Å². The number of aromatic nitrogens is 2. The van der Waals surface area contributed by atoms with Crippen LogP contribution in [-0.4, -0.2) is 16.5 Å². The minimum absolute atomic E-state index is 0.133. The zero-order chi connectivity index (χ0) is 14.8. The second-order valence-corrected chi connectivity index (χ2v) is 5.00. The number of H-pyrrole nitrogens is 2. The maximum atomic E-state index is 11.8. The predicted molar refractivity (Wildman–Crippen MR) is 82.4 cm³/mol. The highest BCUT2D eigenvalue weighted by atomic mass is 16.3. The molecular formula is C15H18N4O2. The first-order valence-electron chi connectivity index (χ1n) is 6.90. The molecule has 6 heteroatoms. The van der Waals surface area contributed by atoms with Gasteiger partial charge in [0.1, 0.15) is 5.76 Å². The van der Waals surface area contributed by atoms with E-state index < -0.39 is 0 Å². The van der Waals surface area contributed by atoms with Crippen molar-refractivity contribution in [2.45, 2.75) is 19.9 Å². The van der Waals surface area contributed by atoms with E-state index in [0.717, 1.165) is 40.2 Å². The first-order chi connectivity index (χ1) is 10.2. The molecule has 0 aliphatic carbocycles. The molecule has 3 rings (SSSR count). The monoisotopic (exact) mass is 286 g/mol. The fourth-order valence-corrected chi connectivity index (χ4v) is 2.50. The Balaban J connectivity index is 2.00. The van der Waals surface area contributed by atoms with Gasteiger partial charge in [0.15, 0.2) is 0 Å². The third-order valence-electron chi connectivity index (χ3n) is 3.57. The number of aromatic amines is 2. The van der Waals surface area contributed by atoms with Crippen molar-refractivity contribution in [3.05, 3.63) is 51.8 Å². The van der Waals surface area contributed by atoms with Gasteiger partial charge in [-0.25, -0.2) is 0 Å². The summed E-state index contributed by atoms with van der Waals surface area (Å²) in [5.41, 5.74) is 10.1. The van der Waals surface area contributed by atoms with Crippen LogP contribution < -0.4 is 16.6 Å². The summed E-state index contributed by atoms with van der Waals surface area (Å²) in [4.78, 5) is 18.1. The lowest BCUT2D eigenvalue weighted by Crippen LogP contribution is -2.08. The van der Waals surface area contributed by atoms with E-state index in [9.17, 15) is 4.79 Å². The van der Waals surface area contributed by atoms with Gasteiger partial charge in [0.2, 0.25) is 0 Å². The van der Waals surface area contributed by atoms with Gasteiger partial charge in [0, 0.05) is 18.2 Å². The van der Waals surface area contributed by atoms with Crippen LogP contribution >= 0.6 is 0 Å². The van der Waals surface area contributed by atoms with E-state index in [2.05, 4.69) is 15.3 Å². The lowest BCUT2D eigenvalue weighted by Gasteiger charge is -2.05. The number of hydrogen-bond acceptors (Lipinski definition) is 4. The molecule has 0 spiro atoms. The van der Waals surface area contributed by atoms with Gasteiger partial charge in [-0.3, -0.25) is 4.79 Å². The smallest absolute Gasteiger partial charge is 0.250 e. The molecule has 110 valence electrons. The number of fused-ring (bicyclic) bond motifs is 1. The normalized spacial score (nSPS) is 11.1. The Kier molecular flexibility index (Phi) is 3.53. The largest absolute Gasteiger partial charge is 0.467 e. The van der Waals surface area contributed by atoms with Crippen LogP contribution in [0.25, 0.3) is 11.0 Å². The van der Waals surface area contributed by atoms with Gasteiger partial charge < -0.3 is 25.4 Å². The first kappa shape index (κ1) is 13.5. The zero-order valence-corrected chi connectivity index (χ0v) is 11.8. The van der Waals surface area contributed by atoms with Crippen molar-refractivity contribution in [3.63, 3.8) is 0 Å². The van der Waals surface area contributed by atoms with E-state index in [0.29, 0.717) is 13.1 Å². The second-order valence-electron chi connectivity index (χ2n) is 5.00. The molecule has 0 aromatic carbocycles. The lowest BCUT2D eigenvalue weighted by molar-refractivity contribution is 0.518. The molecule has 3 heterocycles. The number of rotatable bonds is 5. The maximum Gasteiger partial charge on any atom is 0.250 e. The number of nitrogens with two attached hydrogens (primary N) is 1. The summed E-state index contributed by atoms with van der Waals surface area (Å²) in [6.45, 7) is 3.07. The fourth-order valence-electron chi connectivity index (χ4n) is 2.50. The van der Waals surface area contributed by atoms with Crippen LogP contribution in [0.4, 0.5) is 5.69 Å². The summed E-state index contributed by atoms with van der Waals surface area (Å²) in [5, 5.41) is 3.24. The number of nitrogens with one attached hydrogen (secondary N) is 3. The minimum atomic E-state index is -0.133. The molecule has 3 aromatic rings. The first-order valence-corrected chi connectivity index (χ1v) is 6.90. The summed E-state index contributed by atoms with van der Waals surface area (Å²) >= 11 is 0. The van der Waals surface area contributed by atoms with Crippen LogP contribution in [0.3, 0.4) is 0 Å². The zero-order valence-electron chi connectivity index (χ0n) is 11.8. The molecule has 0 radical (unpaired) electrons. The lowest BCUT2D eigenvalue weighted by atomic mass is 10.2. The quantitative estimate of drug-likeness (QED) is 0.575. The maximum absolute atomic E-state index is 11.8. The van der Waals surface area contributed by atoms with Gasteiger partial charge in [0.25, 0.3) is 5.56 Å². The molecule has 5 N–H and O–H groups in total. The molecular weight excluding hydrogens is 268 g/mol. The average Bonchev–Trinajstić information content (AvgIpc) is 3.07. The van der Waals surface area contributed by atoms with Crippen molar-refractivity contribution in [1.29, 1.82) is 0 Å². The molecule has 0 aliphatic heterocycles. The standard InChI is InChI=1S/C15H18N4O2/c1-9-11(4-5-16)18-15-12(7-13(20)19-14(9)15)17-8-10-3-2-6-21-10/h2-3,6-7,18H,4-5,8,16H2,1H3,(H2,17,19,20). The number of hydrogen-bond donors (Lipinski definition) is 4. The number of pyridine rings is 1. The van der Waals surface area contributed by atoms with Gasteiger partial charge in [-0.15, -0.1) is 0 Å². The highest BCUT2D eigenvalue weighted by molar-refractivity contribution is 5.91. The molecule has 0 aliphatic rings. The fraction of sp³-hybridized carbons (Fsp3) is 0.267. The molecule has 0 amide bonds. The summed E-state index contributed by atoms with van der Waals surface area (Å²) in [5.74, 6) is 0.814. The molecule has 21 heavy (non-hydrogen) atoms. The number of aryl methyl sites for hydroxylation is 1. The molecule has 3 aromatic heterocycles. The van der Waals surface area contributed by atoms with E-state index in [1.165, 1.54) is 0 Å². The highest BCUT2D eigenvalue weighted by Gasteiger charge is 2.12. The van der Waals surface area contributed by atoms with Crippen molar-refractivity contribution in [2.24, 2.45) is 5.73 Å².